The largest absolute Gasteiger partial charge is 0.490 e. The number of carbonyl (C=O) groups excluding carboxylic acids is 1. The van der Waals surface area contributed by atoms with Gasteiger partial charge in [0.25, 0.3) is 0 Å². The SMILES string of the molecule is C=CC(=O)N1CCn2nc(-c3nc(-c4ccc5c(c4)ncn5C)c4ccsc4c3-c3c(F)cc(F)cc3OCCO)cc2[C@H]1C. The van der Waals surface area contributed by atoms with Crippen LogP contribution in [0.2, 0.25) is 0 Å². The number of benzene rings is 2. The van der Waals surface area contributed by atoms with Crippen molar-refractivity contribution in [2.24, 2.45) is 7.05 Å². The number of aryl methyl sites for hydroxylation is 1. The van der Waals surface area contributed by atoms with E-state index in [-0.39, 0.29) is 36.5 Å². The van der Waals surface area contributed by atoms with Crippen LogP contribution in [0.3, 0.4) is 0 Å². The number of thiophene rings is 1. The minimum Gasteiger partial charge on any atom is -0.490 e. The predicted octanol–water partition coefficient (Wildman–Crippen LogP) is 6.12. The number of halogens is 2. The van der Waals surface area contributed by atoms with Gasteiger partial charge in [-0.2, -0.15) is 5.10 Å². The first-order valence-corrected chi connectivity index (χ1v) is 15.2. The van der Waals surface area contributed by atoms with Crippen LogP contribution in [0.25, 0.3) is 54.9 Å². The van der Waals surface area contributed by atoms with Gasteiger partial charge in [0, 0.05) is 46.9 Å². The molecule has 0 saturated heterocycles. The lowest BCUT2D eigenvalue weighted by atomic mass is 9.96. The Balaban J connectivity index is 1.52. The molecule has 0 unspecified atom stereocenters. The number of carbonyl (C=O) groups is 1. The maximum Gasteiger partial charge on any atom is 0.246 e. The molecule has 0 saturated carbocycles. The first-order valence-electron chi connectivity index (χ1n) is 14.4. The number of aromatic nitrogens is 5. The van der Waals surface area contributed by atoms with Crippen LogP contribution in [-0.2, 0) is 18.4 Å². The fourth-order valence-corrected chi connectivity index (χ4v) is 6.99. The Kier molecular flexibility index (Phi) is 7.17. The van der Waals surface area contributed by atoms with E-state index in [0.717, 1.165) is 39.8 Å². The molecular formula is C33H28F2N6O3S. The van der Waals surface area contributed by atoms with Gasteiger partial charge in [-0.25, -0.2) is 18.7 Å². The summed E-state index contributed by atoms with van der Waals surface area (Å²) in [6, 6.07) is 11.3. The van der Waals surface area contributed by atoms with E-state index < -0.39 is 11.6 Å². The van der Waals surface area contributed by atoms with Crippen molar-refractivity contribution in [2.45, 2.75) is 19.5 Å². The van der Waals surface area contributed by atoms with Gasteiger partial charge in [-0.05, 0) is 42.6 Å². The van der Waals surface area contributed by atoms with E-state index in [4.69, 9.17) is 14.8 Å². The number of ether oxygens (including phenoxy) is 1. The summed E-state index contributed by atoms with van der Waals surface area (Å²) in [4.78, 5) is 24.0. The van der Waals surface area contributed by atoms with Crippen molar-refractivity contribution in [3.63, 3.8) is 0 Å². The van der Waals surface area contributed by atoms with Crippen LogP contribution in [0.5, 0.6) is 5.75 Å². The van der Waals surface area contributed by atoms with Crippen LogP contribution >= 0.6 is 11.3 Å². The van der Waals surface area contributed by atoms with Crippen LogP contribution < -0.4 is 4.74 Å². The third kappa shape index (κ3) is 4.77. The monoisotopic (exact) mass is 626 g/mol. The summed E-state index contributed by atoms with van der Waals surface area (Å²) < 4.78 is 40.6. The number of amides is 1. The van der Waals surface area contributed by atoms with Crippen molar-refractivity contribution in [2.75, 3.05) is 19.8 Å². The van der Waals surface area contributed by atoms with E-state index >= 15 is 4.39 Å². The van der Waals surface area contributed by atoms with Gasteiger partial charge in [-0.3, -0.25) is 9.48 Å². The molecular weight excluding hydrogens is 598 g/mol. The third-order valence-corrected chi connectivity index (χ3v) is 9.12. The van der Waals surface area contributed by atoms with Gasteiger partial charge in [0.05, 0.1) is 53.5 Å². The Labute approximate surface area is 260 Å². The maximum absolute atomic E-state index is 15.9. The van der Waals surface area contributed by atoms with Crippen molar-refractivity contribution in [3.05, 3.63) is 84.2 Å². The fraction of sp³-hybridized carbons (Fsp3) is 0.212. The van der Waals surface area contributed by atoms with Gasteiger partial charge in [0.1, 0.15) is 35.4 Å². The molecule has 1 aliphatic heterocycles. The summed E-state index contributed by atoms with van der Waals surface area (Å²) in [6.45, 7) is 5.96. The molecule has 0 bridgehead atoms. The Bertz CT molecular complexity index is 2130. The topological polar surface area (TPSA) is 98.3 Å². The minimum atomic E-state index is -0.830. The molecule has 4 aromatic heterocycles. The summed E-state index contributed by atoms with van der Waals surface area (Å²) >= 11 is 1.40. The first kappa shape index (κ1) is 28.8. The molecule has 5 heterocycles. The zero-order valence-corrected chi connectivity index (χ0v) is 25.3. The number of rotatable bonds is 7. The second-order valence-corrected chi connectivity index (χ2v) is 11.7. The number of nitrogens with zero attached hydrogens (tertiary/aromatic N) is 6. The van der Waals surface area contributed by atoms with E-state index in [9.17, 15) is 14.3 Å². The van der Waals surface area contributed by atoms with Gasteiger partial charge >= 0.3 is 0 Å². The Hall–Kier alpha value is -4.94. The smallest absolute Gasteiger partial charge is 0.246 e. The predicted molar refractivity (Wildman–Crippen MR) is 169 cm³/mol. The van der Waals surface area contributed by atoms with Crippen LogP contribution in [0.4, 0.5) is 8.78 Å². The summed E-state index contributed by atoms with van der Waals surface area (Å²) in [5.74, 6) is -1.87. The molecule has 0 radical (unpaired) electrons. The quantitative estimate of drug-likeness (QED) is 0.215. The normalized spacial score (nSPS) is 14.7. The van der Waals surface area contributed by atoms with Crippen LogP contribution in [0.15, 0.2) is 66.8 Å². The van der Waals surface area contributed by atoms with Crippen molar-refractivity contribution < 1.29 is 23.4 Å². The van der Waals surface area contributed by atoms with Gasteiger partial charge in [0.2, 0.25) is 5.91 Å². The van der Waals surface area contributed by atoms with Gasteiger partial charge in [0.15, 0.2) is 0 Å². The summed E-state index contributed by atoms with van der Waals surface area (Å²) in [5.41, 5.74) is 5.28. The van der Waals surface area contributed by atoms with Crippen LogP contribution in [0, 0.1) is 11.6 Å². The molecule has 1 aliphatic rings. The third-order valence-electron chi connectivity index (χ3n) is 8.18. The number of imidazole rings is 1. The molecule has 0 fully saturated rings. The lowest BCUT2D eigenvalue weighted by molar-refractivity contribution is -0.129. The van der Waals surface area contributed by atoms with Crippen LogP contribution in [-0.4, -0.2) is 60.0 Å². The highest BCUT2D eigenvalue weighted by Gasteiger charge is 2.31. The zero-order chi connectivity index (χ0) is 31.4. The van der Waals surface area contributed by atoms with Crippen molar-refractivity contribution in [1.82, 2.24) is 29.2 Å². The Morgan fingerprint density at radius 2 is 2.00 bits per heavy atom. The molecule has 0 aliphatic carbocycles. The van der Waals surface area contributed by atoms with Crippen molar-refractivity contribution in [3.8, 4) is 39.5 Å². The first-order chi connectivity index (χ1) is 21.8. The molecule has 7 rings (SSSR count). The van der Waals surface area contributed by atoms with Gasteiger partial charge < -0.3 is 19.3 Å². The number of aliphatic hydroxyl groups is 1. The van der Waals surface area contributed by atoms with Crippen molar-refractivity contribution in [1.29, 1.82) is 0 Å². The number of hydrogen-bond acceptors (Lipinski definition) is 7. The molecule has 1 N–H and O–H groups in total. The van der Waals surface area contributed by atoms with Gasteiger partial charge in [-0.1, -0.05) is 12.6 Å². The number of pyridine rings is 1. The van der Waals surface area contributed by atoms with E-state index in [1.54, 1.807) is 11.2 Å². The molecule has 6 aromatic rings. The lowest BCUT2D eigenvalue weighted by Crippen LogP contribution is -2.40. The summed E-state index contributed by atoms with van der Waals surface area (Å²) in [5, 5.41) is 17.0. The van der Waals surface area contributed by atoms with E-state index in [1.165, 1.54) is 17.4 Å². The van der Waals surface area contributed by atoms with Crippen molar-refractivity contribution >= 4 is 38.4 Å². The summed E-state index contributed by atoms with van der Waals surface area (Å²) in [6.07, 6.45) is 3.04. The van der Waals surface area contributed by atoms with E-state index in [1.807, 2.05) is 58.9 Å². The molecule has 12 heteroatoms. The lowest BCUT2D eigenvalue weighted by Gasteiger charge is -2.33. The molecule has 9 nitrogen and oxygen atoms in total. The standard InChI is InChI=1S/C33H28F2N6O3S/c1-4-28(43)40-8-9-41-26(18(40)2)16-24(38-41)32-30(29-22(35)14-20(34)15-27(29)44-11-10-42)33-21(7-12-45-33)31(37-32)19-5-6-25-23(13-19)36-17-39(25)3/h4-7,12-18,42H,1,8-11H2,2-3H3/t18-/m1/s1. The second-order valence-electron chi connectivity index (χ2n) is 10.8. The van der Waals surface area contributed by atoms with E-state index in [0.29, 0.717) is 40.4 Å². The minimum absolute atomic E-state index is 0.0222. The average Bonchev–Trinajstić information content (AvgIpc) is 3.78. The van der Waals surface area contributed by atoms with E-state index in [2.05, 4.69) is 11.6 Å². The highest BCUT2D eigenvalue weighted by atomic mass is 32.1. The second kappa shape index (κ2) is 11.2. The van der Waals surface area contributed by atoms with Crippen LogP contribution in [0.1, 0.15) is 18.7 Å². The Morgan fingerprint density at radius 3 is 2.80 bits per heavy atom. The Morgan fingerprint density at radius 1 is 1.16 bits per heavy atom. The average molecular weight is 627 g/mol. The highest BCUT2D eigenvalue weighted by molar-refractivity contribution is 7.18. The highest BCUT2D eigenvalue weighted by Crippen LogP contribution is 2.47. The fourth-order valence-electron chi connectivity index (χ4n) is 6.04. The molecule has 0 spiro atoms. The zero-order valence-electron chi connectivity index (χ0n) is 24.5. The molecule has 228 valence electrons. The number of hydrogen-bond donors (Lipinski definition) is 1. The summed E-state index contributed by atoms with van der Waals surface area (Å²) in [7, 11) is 1.93. The molecule has 1 amide bonds. The number of aliphatic hydroxyl groups excluding tert-OH is 1. The van der Waals surface area contributed by atoms with Gasteiger partial charge in [-0.15, -0.1) is 11.3 Å². The molecule has 1 atom stereocenters. The molecule has 2 aromatic carbocycles. The maximum atomic E-state index is 15.9. The number of fused-ring (bicyclic) bond motifs is 3. The molecule has 45 heavy (non-hydrogen) atoms.